The van der Waals surface area contributed by atoms with Crippen LogP contribution in [-0.4, -0.2) is 39.8 Å². The van der Waals surface area contributed by atoms with Crippen molar-refractivity contribution in [2.75, 3.05) is 13.2 Å². The predicted molar refractivity (Wildman–Crippen MR) is 152 cm³/mol. The van der Waals surface area contributed by atoms with Gasteiger partial charge in [0.25, 0.3) is 5.91 Å². The van der Waals surface area contributed by atoms with E-state index in [-0.39, 0.29) is 0 Å². The number of hydrogen-bond donors (Lipinski definition) is 1. The highest BCUT2D eigenvalue weighted by molar-refractivity contribution is 6.35. The number of hydrogen-bond acceptors (Lipinski definition) is 5. The van der Waals surface area contributed by atoms with Gasteiger partial charge in [0.05, 0.1) is 28.0 Å². The van der Waals surface area contributed by atoms with E-state index < -0.39 is 18.5 Å². The molecule has 0 radical (unpaired) electrons. The van der Waals surface area contributed by atoms with Crippen LogP contribution in [0.3, 0.4) is 0 Å². The van der Waals surface area contributed by atoms with Gasteiger partial charge < -0.3 is 10.1 Å². The molecule has 0 unspecified atom stereocenters. The second-order valence-electron chi connectivity index (χ2n) is 8.86. The van der Waals surface area contributed by atoms with Gasteiger partial charge in [0.1, 0.15) is 0 Å². The Morgan fingerprint density at radius 3 is 2.38 bits per heavy atom. The number of nitrogens with zero attached hydrogens (tertiary/aromatic N) is 3. The molecular weight excluding hydrogens is 535 g/mol. The van der Waals surface area contributed by atoms with Crippen LogP contribution < -0.4 is 5.32 Å². The second-order valence-corrected chi connectivity index (χ2v) is 9.71. The fourth-order valence-electron chi connectivity index (χ4n) is 4.28. The molecule has 9 heteroatoms. The van der Waals surface area contributed by atoms with E-state index in [1.54, 1.807) is 22.9 Å². The minimum Gasteiger partial charge on any atom is -0.452 e. The zero-order valence-electron chi connectivity index (χ0n) is 21.0. The normalized spacial score (nSPS) is 10.9. The van der Waals surface area contributed by atoms with E-state index in [2.05, 4.69) is 10.4 Å². The van der Waals surface area contributed by atoms with Gasteiger partial charge in [0, 0.05) is 22.2 Å². The van der Waals surface area contributed by atoms with Crippen LogP contribution in [0.4, 0.5) is 0 Å². The molecule has 1 amide bonds. The van der Waals surface area contributed by atoms with E-state index in [0.29, 0.717) is 51.0 Å². The van der Waals surface area contributed by atoms with Crippen LogP contribution in [-0.2, 0) is 16.0 Å². The van der Waals surface area contributed by atoms with Crippen molar-refractivity contribution in [3.63, 3.8) is 0 Å². The summed E-state index contributed by atoms with van der Waals surface area (Å²) in [5.74, 6) is -1.05. The predicted octanol–water partition coefficient (Wildman–Crippen LogP) is 6.22. The quantitative estimate of drug-likeness (QED) is 0.228. The SMILES string of the molecule is Cc1nn(-c2ccccc2)c2nc(-c3ccccc3)cc(C(=O)OCC(=O)NCCc3ccc(Cl)cc3Cl)c12. The number of fused-ring (bicyclic) bond motifs is 1. The van der Waals surface area contributed by atoms with Gasteiger partial charge in [0.15, 0.2) is 12.3 Å². The highest BCUT2D eigenvalue weighted by atomic mass is 35.5. The highest BCUT2D eigenvalue weighted by Gasteiger charge is 2.22. The minimum atomic E-state index is -0.633. The number of benzene rings is 3. The van der Waals surface area contributed by atoms with E-state index >= 15 is 0 Å². The highest BCUT2D eigenvalue weighted by Crippen LogP contribution is 2.29. The first-order chi connectivity index (χ1) is 18.9. The lowest BCUT2D eigenvalue weighted by Crippen LogP contribution is -2.30. The Balaban J connectivity index is 1.37. The maximum Gasteiger partial charge on any atom is 0.339 e. The largest absolute Gasteiger partial charge is 0.452 e. The van der Waals surface area contributed by atoms with Crippen molar-refractivity contribution in [1.82, 2.24) is 20.1 Å². The Hall–Kier alpha value is -4.20. The molecule has 0 aliphatic rings. The molecule has 1 N–H and O–H groups in total. The molecular formula is C30H24Cl2N4O3. The summed E-state index contributed by atoms with van der Waals surface area (Å²) in [5.41, 5.74) is 4.54. The molecule has 7 nitrogen and oxygen atoms in total. The standard InChI is InChI=1S/C30H24Cl2N4O3/c1-19-28-24(30(38)39-18-27(37)33-15-14-20-12-13-22(31)16-25(20)32)17-26(21-8-4-2-5-9-21)34-29(28)36(35-19)23-10-6-3-7-11-23/h2-13,16-17H,14-15,18H2,1H3,(H,33,37). The zero-order chi connectivity index (χ0) is 27.4. The van der Waals surface area contributed by atoms with Crippen LogP contribution in [0.15, 0.2) is 84.9 Å². The lowest BCUT2D eigenvalue weighted by atomic mass is 10.1. The number of amides is 1. The Morgan fingerprint density at radius 1 is 0.949 bits per heavy atom. The van der Waals surface area contributed by atoms with Crippen molar-refractivity contribution < 1.29 is 14.3 Å². The van der Waals surface area contributed by atoms with Crippen LogP contribution in [0.5, 0.6) is 0 Å². The molecule has 0 aliphatic heterocycles. The summed E-state index contributed by atoms with van der Waals surface area (Å²) in [5, 5.41) is 9.07. The van der Waals surface area contributed by atoms with E-state index in [1.807, 2.05) is 73.7 Å². The molecule has 5 rings (SSSR count). The van der Waals surface area contributed by atoms with Crippen LogP contribution >= 0.6 is 23.2 Å². The van der Waals surface area contributed by atoms with Gasteiger partial charge in [-0.15, -0.1) is 0 Å². The number of carbonyl (C=O) groups is 2. The lowest BCUT2D eigenvalue weighted by Gasteiger charge is -2.10. The summed E-state index contributed by atoms with van der Waals surface area (Å²) in [4.78, 5) is 30.6. The summed E-state index contributed by atoms with van der Waals surface area (Å²) < 4.78 is 7.15. The number of aromatic nitrogens is 3. The summed E-state index contributed by atoms with van der Waals surface area (Å²) in [6.45, 7) is 1.72. The van der Waals surface area contributed by atoms with Gasteiger partial charge in [-0.1, -0.05) is 77.8 Å². The van der Waals surface area contributed by atoms with Crippen LogP contribution in [0.25, 0.3) is 28.0 Å². The summed E-state index contributed by atoms with van der Waals surface area (Å²) in [6, 6.07) is 26.0. The van der Waals surface area contributed by atoms with Crippen molar-refractivity contribution in [2.45, 2.75) is 13.3 Å². The molecule has 0 fully saturated rings. The fourth-order valence-corrected chi connectivity index (χ4v) is 4.78. The van der Waals surface area contributed by atoms with Gasteiger partial charge in [-0.3, -0.25) is 4.79 Å². The molecule has 0 saturated heterocycles. The number of nitrogens with one attached hydrogen (secondary N) is 1. The fraction of sp³-hybridized carbons (Fsp3) is 0.133. The van der Waals surface area contributed by atoms with Crippen LogP contribution in [0, 0.1) is 6.92 Å². The van der Waals surface area contributed by atoms with Crippen molar-refractivity contribution in [1.29, 1.82) is 0 Å². The molecule has 0 atom stereocenters. The third-order valence-corrected chi connectivity index (χ3v) is 6.76. The van der Waals surface area contributed by atoms with Crippen molar-refractivity contribution >= 4 is 46.1 Å². The maximum absolute atomic E-state index is 13.3. The first-order valence-electron chi connectivity index (χ1n) is 12.3. The molecule has 2 heterocycles. The molecule has 3 aromatic carbocycles. The molecule has 0 spiro atoms. The third kappa shape index (κ3) is 5.95. The Morgan fingerprint density at radius 2 is 1.67 bits per heavy atom. The van der Waals surface area contributed by atoms with E-state index in [9.17, 15) is 9.59 Å². The molecule has 0 bridgehead atoms. The van der Waals surface area contributed by atoms with E-state index in [0.717, 1.165) is 16.8 Å². The van der Waals surface area contributed by atoms with Crippen LogP contribution in [0.2, 0.25) is 10.0 Å². The maximum atomic E-state index is 13.3. The number of para-hydroxylation sites is 1. The summed E-state index contributed by atoms with van der Waals surface area (Å²) in [6.07, 6.45) is 0.513. The summed E-state index contributed by atoms with van der Waals surface area (Å²) >= 11 is 12.1. The number of ether oxygens (including phenoxy) is 1. The number of aryl methyl sites for hydroxylation is 1. The smallest absolute Gasteiger partial charge is 0.339 e. The molecule has 5 aromatic rings. The second kappa shape index (κ2) is 11.7. The first-order valence-corrected chi connectivity index (χ1v) is 13.1. The summed E-state index contributed by atoms with van der Waals surface area (Å²) in [7, 11) is 0. The van der Waals surface area contributed by atoms with Crippen molar-refractivity contribution in [3.05, 3.63) is 112 Å². The topological polar surface area (TPSA) is 86.1 Å². The van der Waals surface area contributed by atoms with E-state index in [1.165, 1.54) is 0 Å². The number of carbonyl (C=O) groups excluding carboxylic acids is 2. The number of halogens is 2. The van der Waals surface area contributed by atoms with E-state index in [4.69, 9.17) is 32.9 Å². The lowest BCUT2D eigenvalue weighted by molar-refractivity contribution is -0.124. The molecule has 0 aliphatic carbocycles. The number of esters is 1. The Bertz CT molecular complexity index is 1650. The van der Waals surface area contributed by atoms with Gasteiger partial charge in [-0.25, -0.2) is 14.5 Å². The zero-order valence-corrected chi connectivity index (χ0v) is 22.5. The third-order valence-electron chi connectivity index (χ3n) is 6.17. The van der Waals surface area contributed by atoms with Crippen molar-refractivity contribution in [2.24, 2.45) is 0 Å². The average molecular weight is 559 g/mol. The molecule has 196 valence electrons. The molecule has 39 heavy (non-hydrogen) atoms. The number of rotatable bonds is 8. The number of pyridine rings is 1. The van der Waals surface area contributed by atoms with Gasteiger partial charge in [-0.2, -0.15) is 5.10 Å². The first kappa shape index (κ1) is 26.4. The minimum absolute atomic E-state index is 0.291. The van der Waals surface area contributed by atoms with Gasteiger partial charge >= 0.3 is 5.97 Å². The Labute approximate surface area is 235 Å². The molecule has 0 saturated carbocycles. The van der Waals surface area contributed by atoms with Crippen molar-refractivity contribution in [3.8, 4) is 16.9 Å². The Kier molecular flexibility index (Phi) is 7.91. The molecule has 2 aromatic heterocycles. The van der Waals surface area contributed by atoms with Crippen LogP contribution in [0.1, 0.15) is 21.6 Å². The monoisotopic (exact) mass is 558 g/mol. The van der Waals surface area contributed by atoms with Gasteiger partial charge in [0.2, 0.25) is 0 Å². The van der Waals surface area contributed by atoms with Gasteiger partial charge in [-0.05, 0) is 49.2 Å². The average Bonchev–Trinajstić information content (AvgIpc) is 3.29.